The maximum absolute atomic E-state index is 13.2. The molecule has 32 heavy (non-hydrogen) atoms. The lowest BCUT2D eigenvalue weighted by molar-refractivity contribution is 0.0300. The van der Waals surface area contributed by atoms with Gasteiger partial charge in [-0.25, -0.2) is 13.1 Å². The highest BCUT2D eigenvalue weighted by molar-refractivity contribution is 7.89. The fourth-order valence-corrected chi connectivity index (χ4v) is 4.75. The molecule has 1 amide bonds. The molecule has 1 heterocycles. The summed E-state index contributed by atoms with van der Waals surface area (Å²) in [4.78, 5) is 14.6. The lowest BCUT2D eigenvalue weighted by atomic mass is 10.1. The predicted octanol–water partition coefficient (Wildman–Crippen LogP) is 2.22. The molecule has 0 aromatic heterocycles. The summed E-state index contributed by atoms with van der Waals surface area (Å²) < 4.78 is 50.2. The number of ether oxygens (including phenoxy) is 4. The standard InChI is InChI=1S/C22H28N2O7S/c1-15(18-13-16(28-2)5-7-20(18)29-3)23-32(26,27)17-6-8-21(30-4)19(14-17)22(25)24-9-11-31-12-10-24/h5-8,13-15,23H,9-12H2,1-4H3. The summed E-state index contributed by atoms with van der Waals surface area (Å²) in [5.74, 6) is 1.11. The fraction of sp³-hybridized carbons (Fsp3) is 0.409. The first-order valence-electron chi connectivity index (χ1n) is 10.1. The van der Waals surface area contributed by atoms with Crippen molar-refractivity contribution in [2.24, 2.45) is 0 Å². The van der Waals surface area contributed by atoms with Gasteiger partial charge < -0.3 is 23.8 Å². The zero-order valence-corrected chi connectivity index (χ0v) is 19.4. The average molecular weight is 465 g/mol. The molecule has 174 valence electrons. The van der Waals surface area contributed by atoms with E-state index in [9.17, 15) is 13.2 Å². The molecule has 2 aromatic rings. The Morgan fingerprint density at radius 2 is 1.66 bits per heavy atom. The first-order valence-corrected chi connectivity index (χ1v) is 11.6. The Balaban J connectivity index is 1.90. The largest absolute Gasteiger partial charge is 0.497 e. The van der Waals surface area contributed by atoms with Crippen LogP contribution in [0.3, 0.4) is 0 Å². The van der Waals surface area contributed by atoms with Gasteiger partial charge in [-0.15, -0.1) is 0 Å². The SMILES string of the molecule is COc1ccc(OC)c(C(C)NS(=O)(=O)c2ccc(OC)c(C(=O)N3CCOCC3)c2)c1. The minimum atomic E-state index is -3.96. The van der Waals surface area contributed by atoms with Crippen molar-refractivity contribution in [3.05, 3.63) is 47.5 Å². The number of hydrogen-bond acceptors (Lipinski definition) is 7. The van der Waals surface area contributed by atoms with Gasteiger partial charge in [-0.2, -0.15) is 0 Å². The Bertz CT molecular complexity index is 1070. The number of benzene rings is 2. The molecule has 0 bridgehead atoms. The van der Waals surface area contributed by atoms with E-state index in [1.165, 1.54) is 39.5 Å². The molecule has 0 aliphatic carbocycles. The number of nitrogens with one attached hydrogen (secondary N) is 1. The van der Waals surface area contributed by atoms with Crippen molar-refractivity contribution in [3.63, 3.8) is 0 Å². The van der Waals surface area contributed by atoms with Gasteiger partial charge in [0.05, 0.1) is 45.0 Å². The second kappa shape index (κ2) is 10.2. The van der Waals surface area contributed by atoms with Gasteiger partial charge in [-0.3, -0.25) is 4.79 Å². The lowest BCUT2D eigenvalue weighted by Crippen LogP contribution is -2.40. The number of hydrogen-bond donors (Lipinski definition) is 1. The predicted molar refractivity (Wildman–Crippen MR) is 118 cm³/mol. The number of sulfonamides is 1. The van der Waals surface area contributed by atoms with Gasteiger partial charge in [0.25, 0.3) is 5.91 Å². The van der Waals surface area contributed by atoms with E-state index in [0.717, 1.165) is 0 Å². The highest BCUT2D eigenvalue weighted by Gasteiger charge is 2.26. The average Bonchev–Trinajstić information content (AvgIpc) is 2.82. The molecule has 2 aromatic carbocycles. The van der Waals surface area contributed by atoms with E-state index in [1.54, 1.807) is 30.0 Å². The van der Waals surface area contributed by atoms with Crippen molar-refractivity contribution < 1.29 is 32.2 Å². The summed E-state index contributed by atoms with van der Waals surface area (Å²) in [5, 5.41) is 0. The third kappa shape index (κ3) is 5.14. The van der Waals surface area contributed by atoms with Crippen LogP contribution in [0.4, 0.5) is 0 Å². The number of morpholine rings is 1. The topological polar surface area (TPSA) is 103 Å². The molecule has 1 aliphatic heterocycles. The van der Waals surface area contributed by atoms with E-state index in [4.69, 9.17) is 18.9 Å². The molecule has 1 fully saturated rings. The smallest absolute Gasteiger partial charge is 0.257 e. The first-order chi connectivity index (χ1) is 15.3. The molecule has 0 saturated carbocycles. The van der Waals surface area contributed by atoms with Crippen LogP contribution in [0.2, 0.25) is 0 Å². The molecular weight excluding hydrogens is 436 g/mol. The zero-order valence-electron chi connectivity index (χ0n) is 18.6. The molecule has 1 unspecified atom stereocenters. The van der Waals surface area contributed by atoms with Crippen LogP contribution in [0.25, 0.3) is 0 Å². The molecule has 3 rings (SSSR count). The molecule has 0 radical (unpaired) electrons. The summed E-state index contributed by atoms with van der Waals surface area (Å²) in [6.07, 6.45) is 0. The van der Waals surface area contributed by atoms with Gasteiger partial charge in [0.15, 0.2) is 0 Å². The van der Waals surface area contributed by atoms with Crippen molar-refractivity contribution in [3.8, 4) is 17.2 Å². The van der Waals surface area contributed by atoms with E-state index in [0.29, 0.717) is 49.1 Å². The Hall–Kier alpha value is -2.82. The number of carbonyl (C=O) groups is 1. The van der Waals surface area contributed by atoms with E-state index in [-0.39, 0.29) is 16.4 Å². The maximum atomic E-state index is 13.2. The van der Waals surface area contributed by atoms with Gasteiger partial charge in [0, 0.05) is 24.7 Å². The molecule has 1 N–H and O–H groups in total. The van der Waals surface area contributed by atoms with E-state index in [1.807, 2.05) is 0 Å². The Morgan fingerprint density at radius 1 is 1.00 bits per heavy atom. The molecule has 1 aliphatic rings. The fourth-order valence-electron chi connectivity index (χ4n) is 3.50. The third-order valence-corrected chi connectivity index (χ3v) is 6.78. The Kier molecular flexibility index (Phi) is 7.60. The highest BCUT2D eigenvalue weighted by Crippen LogP contribution is 2.31. The molecule has 1 atom stereocenters. The van der Waals surface area contributed by atoms with Crippen LogP contribution in [0.1, 0.15) is 28.9 Å². The van der Waals surface area contributed by atoms with Gasteiger partial charge in [-0.1, -0.05) is 0 Å². The summed E-state index contributed by atoms with van der Waals surface area (Å²) in [5.41, 5.74) is 0.803. The van der Waals surface area contributed by atoms with Crippen LogP contribution >= 0.6 is 0 Å². The monoisotopic (exact) mass is 464 g/mol. The van der Waals surface area contributed by atoms with Crippen LogP contribution in [-0.2, 0) is 14.8 Å². The lowest BCUT2D eigenvalue weighted by Gasteiger charge is -2.27. The molecule has 9 nitrogen and oxygen atoms in total. The zero-order chi connectivity index (χ0) is 23.3. The second-order valence-corrected chi connectivity index (χ2v) is 8.93. The van der Waals surface area contributed by atoms with Crippen molar-refractivity contribution >= 4 is 15.9 Å². The van der Waals surface area contributed by atoms with E-state index < -0.39 is 16.1 Å². The van der Waals surface area contributed by atoms with Gasteiger partial charge >= 0.3 is 0 Å². The van der Waals surface area contributed by atoms with E-state index >= 15 is 0 Å². The number of nitrogens with zero attached hydrogens (tertiary/aromatic N) is 1. The summed E-state index contributed by atoms with van der Waals surface area (Å²) in [6.45, 7) is 3.45. The Labute approximate surface area is 188 Å². The molecular formula is C22H28N2O7S. The summed E-state index contributed by atoms with van der Waals surface area (Å²) in [7, 11) is 0.524. The quantitative estimate of drug-likeness (QED) is 0.639. The number of carbonyl (C=O) groups excluding carboxylic acids is 1. The highest BCUT2D eigenvalue weighted by atomic mass is 32.2. The van der Waals surface area contributed by atoms with E-state index in [2.05, 4.69) is 4.72 Å². The van der Waals surface area contributed by atoms with Crippen LogP contribution in [0, 0.1) is 0 Å². The van der Waals surface area contributed by atoms with Crippen LogP contribution in [0.15, 0.2) is 41.3 Å². The molecule has 0 spiro atoms. The van der Waals surface area contributed by atoms with Crippen LogP contribution in [-0.4, -0.2) is 66.9 Å². The Morgan fingerprint density at radius 3 is 2.28 bits per heavy atom. The van der Waals surface area contributed by atoms with Crippen molar-refractivity contribution in [1.82, 2.24) is 9.62 Å². The number of amides is 1. The number of methoxy groups -OCH3 is 3. The van der Waals surface area contributed by atoms with Crippen LogP contribution < -0.4 is 18.9 Å². The van der Waals surface area contributed by atoms with Gasteiger partial charge in [0.2, 0.25) is 10.0 Å². The molecule has 1 saturated heterocycles. The summed E-state index contributed by atoms with van der Waals surface area (Å²) in [6, 6.07) is 8.78. The minimum absolute atomic E-state index is 0.0383. The van der Waals surface area contributed by atoms with Crippen molar-refractivity contribution in [2.45, 2.75) is 17.9 Å². The maximum Gasteiger partial charge on any atom is 0.257 e. The van der Waals surface area contributed by atoms with Gasteiger partial charge in [0.1, 0.15) is 17.2 Å². The number of rotatable bonds is 8. The molecule has 10 heteroatoms. The first kappa shape index (κ1) is 23.8. The van der Waals surface area contributed by atoms with Gasteiger partial charge in [-0.05, 0) is 43.3 Å². The second-order valence-electron chi connectivity index (χ2n) is 7.22. The normalized spacial score (nSPS) is 15.2. The van der Waals surface area contributed by atoms with Crippen LogP contribution in [0.5, 0.6) is 17.2 Å². The van der Waals surface area contributed by atoms with Crippen molar-refractivity contribution in [2.75, 3.05) is 47.6 Å². The minimum Gasteiger partial charge on any atom is -0.497 e. The third-order valence-electron chi connectivity index (χ3n) is 5.25. The summed E-state index contributed by atoms with van der Waals surface area (Å²) >= 11 is 0. The van der Waals surface area contributed by atoms with Crippen molar-refractivity contribution in [1.29, 1.82) is 0 Å².